The number of hydrogen-bond donors (Lipinski definition) is 0. The molecule has 5 nitrogen and oxygen atoms in total. The van der Waals surface area contributed by atoms with Gasteiger partial charge in [-0.2, -0.15) is 0 Å². The molecule has 2 fully saturated rings. The van der Waals surface area contributed by atoms with Gasteiger partial charge in [-0.15, -0.1) is 0 Å². The maximum atomic E-state index is 12.6. The number of likely N-dealkylation sites (N-methyl/N-ethyl adjacent to an activating group) is 1. The molecule has 132 valence electrons. The third-order valence-corrected chi connectivity index (χ3v) is 5.49. The molecule has 1 saturated heterocycles. The van der Waals surface area contributed by atoms with E-state index in [-0.39, 0.29) is 5.91 Å². The molecule has 0 N–H and O–H groups in total. The smallest absolute Gasteiger partial charge is 0.236 e. The van der Waals surface area contributed by atoms with Crippen molar-refractivity contribution in [3.8, 4) is 0 Å². The molecule has 0 unspecified atom stereocenters. The van der Waals surface area contributed by atoms with Gasteiger partial charge in [0, 0.05) is 56.8 Å². The molecule has 1 amide bonds. The van der Waals surface area contributed by atoms with Gasteiger partial charge in [0.2, 0.25) is 5.91 Å². The van der Waals surface area contributed by atoms with E-state index in [2.05, 4.69) is 26.9 Å². The molecular formula is C19H30N4O. The summed E-state index contributed by atoms with van der Waals surface area (Å²) in [5, 5.41) is 0. The number of piperazine rings is 1. The Kier molecular flexibility index (Phi) is 5.72. The molecule has 5 heteroatoms. The monoisotopic (exact) mass is 330 g/mol. The normalized spacial score (nSPS) is 20.2. The number of carbonyl (C=O) groups is 1. The second-order valence-electron chi connectivity index (χ2n) is 7.22. The van der Waals surface area contributed by atoms with Gasteiger partial charge in [-0.05, 0) is 31.9 Å². The Morgan fingerprint density at radius 3 is 2.58 bits per heavy atom. The van der Waals surface area contributed by atoms with Crippen molar-refractivity contribution in [1.82, 2.24) is 14.8 Å². The Morgan fingerprint density at radius 2 is 1.92 bits per heavy atom. The summed E-state index contributed by atoms with van der Waals surface area (Å²) >= 11 is 0. The first-order valence-electron chi connectivity index (χ1n) is 9.29. The summed E-state index contributed by atoms with van der Waals surface area (Å²) < 4.78 is 0. The van der Waals surface area contributed by atoms with Gasteiger partial charge in [0.25, 0.3) is 0 Å². The summed E-state index contributed by atoms with van der Waals surface area (Å²) in [6.45, 7) is 6.45. The molecule has 1 saturated carbocycles. The van der Waals surface area contributed by atoms with E-state index in [9.17, 15) is 4.79 Å². The number of amides is 1. The van der Waals surface area contributed by atoms with Crippen LogP contribution in [0.15, 0.2) is 18.3 Å². The number of rotatable bonds is 4. The zero-order chi connectivity index (χ0) is 16.9. The van der Waals surface area contributed by atoms with Crippen molar-refractivity contribution < 1.29 is 4.79 Å². The zero-order valence-electron chi connectivity index (χ0n) is 15.1. The summed E-state index contributed by atoms with van der Waals surface area (Å²) in [6, 6.07) is 4.68. The standard InChI is InChI=1S/C19H30N4O/c1-16-14-18(8-9-20-16)23-12-10-22(11-13-23)15-19(24)21(2)17-6-4-3-5-7-17/h8-9,14,17H,3-7,10-13,15H2,1-2H3. The van der Waals surface area contributed by atoms with Crippen LogP contribution in [0.2, 0.25) is 0 Å². The Bertz CT molecular complexity index is 548. The van der Waals surface area contributed by atoms with Gasteiger partial charge >= 0.3 is 0 Å². The fourth-order valence-electron chi connectivity index (χ4n) is 3.87. The first-order valence-corrected chi connectivity index (χ1v) is 9.29. The van der Waals surface area contributed by atoms with Gasteiger partial charge in [0.05, 0.1) is 6.54 Å². The molecule has 0 radical (unpaired) electrons. The molecule has 2 aliphatic rings. The number of pyridine rings is 1. The van der Waals surface area contributed by atoms with E-state index in [4.69, 9.17) is 0 Å². The Balaban J connectivity index is 1.47. The van der Waals surface area contributed by atoms with Crippen LogP contribution >= 0.6 is 0 Å². The molecule has 3 rings (SSSR count). The average molecular weight is 330 g/mol. The van der Waals surface area contributed by atoms with Crippen LogP contribution < -0.4 is 4.90 Å². The Labute approximate surface area is 145 Å². The molecule has 0 bridgehead atoms. The van der Waals surface area contributed by atoms with Crippen molar-refractivity contribution in [2.24, 2.45) is 0 Å². The van der Waals surface area contributed by atoms with Gasteiger partial charge in [-0.3, -0.25) is 14.7 Å². The summed E-state index contributed by atoms with van der Waals surface area (Å²) in [6.07, 6.45) is 8.10. The number of carbonyl (C=O) groups excluding carboxylic acids is 1. The summed E-state index contributed by atoms with van der Waals surface area (Å²) in [4.78, 5) is 23.5. The molecule has 1 aliphatic heterocycles. The maximum absolute atomic E-state index is 12.6. The topological polar surface area (TPSA) is 39.7 Å². The Morgan fingerprint density at radius 1 is 1.21 bits per heavy atom. The zero-order valence-corrected chi connectivity index (χ0v) is 15.1. The van der Waals surface area contributed by atoms with Crippen LogP contribution in [0.25, 0.3) is 0 Å². The average Bonchev–Trinajstić information content (AvgIpc) is 2.62. The first-order chi connectivity index (χ1) is 11.6. The highest BCUT2D eigenvalue weighted by Crippen LogP contribution is 2.22. The third kappa shape index (κ3) is 4.26. The highest BCUT2D eigenvalue weighted by molar-refractivity contribution is 5.78. The molecule has 1 aromatic heterocycles. The minimum absolute atomic E-state index is 0.287. The van der Waals surface area contributed by atoms with Crippen LogP contribution in [0.3, 0.4) is 0 Å². The largest absolute Gasteiger partial charge is 0.369 e. The molecule has 0 atom stereocenters. The van der Waals surface area contributed by atoms with Crippen molar-refractivity contribution in [2.75, 3.05) is 44.7 Å². The number of aromatic nitrogens is 1. The van der Waals surface area contributed by atoms with Gasteiger partial charge in [0.1, 0.15) is 0 Å². The summed E-state index contributed by atoms with van der Waals surface area (Å²) in [7, 11) is 1.99. The number of nitrogens with zero attached hydrogens (tertiary/aromatic N) is 4. The van der Waals surface area contributed by atoms with Gasteiger partial charge in [-0.1, -0.05) is 19.3 Å². The van der Waals surface area contributed by atoms with Crippen molar-refractivity contribution in [3.63, 3.8) is 0 Å². The van der Waals surface area contributed by atoms with E-state index in [0.717, 1.165) is 31.9 Å². The quantitative estimate of drug-likeness (QED) is 0.849. The fraction of sp³-hybridized carbons (Fsp3) is 0.684. The number of anilines is 1. The van der Waals surface area contributed by atoms with Crippen LogP contribution in [0.5, 0.6) is 0 Å². The van der Waals surface area contributed by atoms with E-state index < -0.39 is 0 Å². The molecule has 1 aromatic rings. The van der Waals surface area contributed by atoms with E-state index in [0.29, 0.717) is 12.6 Å². The third-order valence-electron chi connectivity index (χ3n) is 5.49. The van der Waals surface area contributed by atoms with Gasteiger partial charge < -0.3 is 9.80 Å². The minimum atomic E-state index is 0.287. The second-order valence-corrected chi connectivity index (χ2v) is 7.22. The minimum Gasteiger partial charge on any atom is -0.369 e. The maximum Gasteiger partial charge on any atom is 0.236 e. The van der Waals surface area contributed by atoms with Crippen LogP contribution in [-0.4, -0.2) is 66.5 Å². The molecule has 1 aliphatic carbocycles. The highest BCUT2D eigenvalue weighted by atomic mass is 16.2. The Hall–Kier alpha value is -1.62. The second kappa shape index (κ2) is 7.97. The lowest BCUT2D eigenvalue weighted by molar-refractivity contribution is -0.133. The molecule has 0 aromatic carbocycles. The van der Waals surface area contributed by atoms with Crippen LogP contribution in [0, 0.1) is 6.92 Å². The van der Waals surface area contributed by atoms with E-state index >= 15 is 0 Å². The van der Waals surface area contributed by atoms with Crippen LogP contribution in [0.1, 0.15) is 37.8 Å². The van der Waals surface area contributed by atoms with E-state index in [1.807, 2.05) is 25.1 Å². The fourth-order valence-corrected chi connectivity index (χ4v) is 3.87. The molecular weight excluding hydrogens is 300 g/mol. The number of hydrogen-bond acceptors (Lipinski definition) is 4. The van der Waals surface area contributed by atoms with Crippen molar-refractivity contribution >= 4 is 11.6 Å². The predicted octanol–water partition coefficient (Wildman–Crippen LogP) is 2.30. The predicted molar refractivity (Wildman–Crippen MR) is 97.3 cm³/mol. The lowest BCUT2D eigenvalue weighted by Gasteiger charge is -2.37. The van der Waals surface area contributed by atoms with Gasteiger partial charge in [-0.25, -0.2) is 0 Å². The van der Waals surface area contributed by atoms with Crippen molar-refractivity contribution in [1.29, 1.82) is 0 Å². The lowest BCUT2D eigenvalue weighted by Crippen LogP contribution is -2.51. The SMILES string of the molecule is Cc1cc(N2CCN(CC(=O)N(C)C3CCCCC3)CC2)ccn1. The molecule has 0 spiro atoms. The first kappa shape index (κ1) is 17.2. The lowest BCUT2D eigenvalue weighted by atomic mass is 9.94. The molecule has 24 heavy (non-hydrogen) atoms. The van der Waals surface area contributed by atoms with Crippen molar-refractivity contribution in [2.45, 2.75) is 45.1 Å². The van der Waals surface area contributed by atoms with Crippen LogP contribution in [0.4, 0.5) is 5.69 Å². The van der Waals surface area contributed by atoms with Crippen LogP contribution in [-0.2, 0) is 4.79 Å². The van der Waals surface area contributed by atoms with E-state index in [1.165, 1.54) is 37.8 Å². The molecule has 2 heterocycles. The summed E-state index contributed by atoms with van der Waals surface area (Å²) in [5.41, 5.74) is 2.30. The van der Waals surface area contributed by atoms with Crippen molar-refractivity contribution in [3.05, 3.63) is 24.0 Å². The highest BCUT2D eigenvalue weighted by Gasteiger charge is 2.25. The van der Waals surface area contributed by atoms with Gasteiger partial charge in [0.15, 0.2) is 0 Å². The van der Waals surface area contributed by atoms with E-state index in [1.54, 1.807) is 0 Å². The summed E-state index contributed by atoms with van der Waals surface area (Å²) in [5.74, 6) is 0.287. The number of aryl methyl sites for hydroxylation is 1.